The van der Waals surface area contributed by atoms with Gasteiger partial charge >= 0.3 is 0 Å². The van der Waals surface area contributed by atoms with Crippen LogP contribution in [0.25, 0.3) is 0 Å². The smallest absolute Gasteiger partial charge is 0.261 e. The van der Waals surface area contributed by atoms with Gasteiger partial charge in [-0.2, -0.15) is 0 Å². The van der Waals surface area contributed by atoms with Crippen molar-refractivity contribution in [2.24, 2.45) is 7.05 Å². The summed E-state index contributed by atoms with van der Waals surface area (Å²) in [5, 5.41) is 15.1. The zero-order valence-electron chi connectivity index (χ0n) is 19.6. The van der Waals surface area contributed by atoms with Crippen LogP contribution in [0, 0.1) is 6.92 Å². The van der Waals surface area contributed by atoms with Crippen LogP contribution in [0.15, 0.2) is 47.6 Å². The van der Waals surface area contributed by atoms with Gasteiger partial charge in [-0.05, 0) is 55.7 Å². The zero-order chi connectivity index (χ0) is 24.7. The number of hydrogen-bond donors (Lipinski definition) is 2. The summed E-state index contributed by atoms with van der Waals surface area (Å²) in [6.07, 6.45) is 0.286. The van der Waals surface area contributed by atoms with E-state index in [9.17, 15) is 9.59 Å². The van der Waals surface area contributed by atoms with E-state index >= 15 is 0 Å². The molecule has 10 heteroatoms. The Balaban J connectivity index is 1.48. The van der Waals surface area contributed by atoms with E-state index in [2.05, 4.69) is 27.8 Å². The quantitative estimate of drug-likeness (QED) is 0.405. The van der Waals surface area contributed by atoms with Crippen LogP contribution in [0.1, 0.15) is 30.8 Å². The van der Waals surface area contributed by atoms with Gasteiger partial charge in [-0.15, -0.1) is 10.2 Å². The Morgan fingerprint density at radius 2 is 1.91 bits per heavy atom. The average molecular weight is 502 g/mol. The number of hydrogen-bond acceptors (Lipinski definition) is 6. The second-order valence-electron chi connectivity index (χ2n) is 7.73. The number of rotatable bonds is 10. The Morgan fingerprint density at radius 3 is 2.62 bits per heavy atom. The molecule has 0 saturated carbocycles. The number of amides is 2. The summed E-state index contributed by atoms with van der Waals surface area (Å²) in [5.74, 6) is 0.940. The molecular weight excluding hydrogens is 474 g/mol. The van der Waals surface area contributed by atoms with Crippen LogP contribution >= 0.6 is 23.4 Å². The minimum atomic E-state index is -0.659. The Bertz CT molecular complexity index is 1150. The molecule has 0 aliphatic carbocycles. The van der Waals surface area contributed by atoms with Gasteiger partial charge in [-0.3, -0.25) is 9.59 Å². The molecular formula is C24H28ClN5O3S. The van der Waals surface area contributed by atoms with E-state index in [0.717, 1.165) is 12.0 Å². The Kier molecular flexibility index (Phi) is 8.95. The number of aromatic nitrogens is 3. The number of nitrogens with zero attached hydrogens (tertiary/aromatic N) is 3. The summed E-state index contributed by atoms with van der Waals surface area (Å²) in [7, 11) is 1.79. The summed E-state index contributed by atoms with van der Waals surface area (Å²) >= 11 is 7.26. The molecule has 1 aromatic heterocycles. The molecule has 2 aromatic carbocycles. The van der Waals surface area contributed by atoms with Gasteiger partial charge in [0.15, 0.2) is 17.1 Å². The summed E-state index contributed by atoms with van der Waals surface area (Å²) in [6, 6.07) is 13.0. The summed E-state index contributed by atoms with van der Waals surface area (Å²) in [6.45, 7) is 5.87. The summed E-state index contributed by atoms with van der Waals surface area (Å²) < 4.78 is 7.47. The van der Waals surface area contributed by atoms with Crippen molar-refractivity contribution in [3.05, 3.63) is 64.4 Å². The predicted octanol–water partition coefficient (Wildman–Crippen LogP) is 4.15. The molecule has 0 bridgehead atoms. The fraction of sp³-hybridized carbons (Fsp3) is 0.333. The summed E-state index contributed by atoms with van der Waals surface area (Å²) in [4.78, 5) is 24.8. The van der Waals surface area contributed by atoms with E-state index in [1.54, 1.807) is 30.7 Å². The number of anilines is 1. The highest BCUT2D eigenvalue weighted by Gasteiger charge is 2.17. The highest BCUT2D eigenvalue weighted by molar-refractivity contribution is 7.99. The normalized spacial score (nSPS) is 11.7. The van der Waals surface area contributed by atoms with Gasteiger partial charge in [-0.25, -0.2) is 0 Å². The molecule has 0 saturated heterocycles. The first-order chi connectivity index (χ1) is 16.3. The Labute approximate surface area is 208 Å². The van der Waals surface area contributed by atoms with Crippen molar-refractivity contribution in [1.82, 2.24) is 20.1 Å². The lowest BCUT2D eigenvalue weighted by molar-refractivity contribution is -0.127. The number of carbonyl (C=O) groups is 2. The third-order valence-corrected chi connectivity index (χ3v) is 6.42. The molecule has 0 aliphatic rings. The standard InChI is InChI=1S/C24H28ClN5O3S/c1-5-17-7-10-19(11-8-17)33-16(3)23(32)26-13-21-28-29-24(30(21)4)34-14-22(31)27-20-12-18(25)9-6-15(20)2/h6-12,16H,5,13-14H2,1-4H3,(H,26,32)(H,27,31)/t16-/m0/s1. The number of thioether (sulfide) groups is 1. The predicted molar refractivity (Wildman–Crippen MR) is 134 cm³/mol. The van der Waals surface area contributed by atoms with Crippen LogP contribution in [0.5, 0.6) is 5.75 Å². The van der Waals surface area contributed by atoms with Gasteiger partial charge in [0.25, 0.3) is 5.91 Å². The number of nitrogens with one attached hydrogen (secondary N) is 2. The highest BCUT2D eigenvalue weighted by Crippen LogP contribution is 2.21. The Hall–Kier alpha value is -3.04. The topological polar surface area (TPSA) is 98.1 Å². The lowest BCUT2D eigenvalue weighted by atomic mass is 10.2. The maximum atomic E-state index is 12.4. The molecule has 34 heavy (non-hydrogen) atoms. The fourth-order valence-electron chi connectivity index (χ4n) is 3.04. The monoisotopic (exact) mass is 501 g/mol. The zero-order valence-corrected chi connectivity index (χ0v) is 21.2. The van der Waals surface area contributed by atoms with E-state index in [-0.39, 0.29) is 24.1 Å². The van der Waals surface area contributed by atoms with Crippen molar-refractivity contribution >= 4 is 40.9 Å². The highest BCUT2D eigenvalue weighted by atomic mass is 35.5. The lowest BCUT2D eigenvalue weighted by Crippen LogP contribution is -2.36. The van der Waals surface area contributed by atoms with Crippen LogP contribution in [0.4, 0.5) is 5.69 Å². The van der Waals surface area contributed by atoms with Crippen LogP contribution in [-0.4, -0.2) is 38.4 Å². The number of ether oxygens (including phenoxy) is 1. The van der Waals surface area contributed by atoms with Gasteiger partial charge in [-0.1, -0.05) is 48.5 Å². The van der Waals surface area contributed by atoms with Gasteiger partial charge in [0.1, 0.15) is 5.75 Å². The van der Waals surface area contributed by atoms with E-state index < -0.39 is 6.10 Å². The molecule has 8 nitrogen and oxygen atoms in total. The van der Waals surface area contributed by atoms with Crippen molar-refractivity contribution in [3.63, 3.8) is 0 Å². The van der Waals surface area contributed by atoms with Crippen LogP contribution in [0.3, 0.4) is 0 Å². The van der Waals surface area contributed by atoms with Crippen LogP contribution in [-0.2, 0) is 29.6 Å². The maximum absolute atomic E-state index is 12.4. The third kappa shape index (κ3) is 6.98. The van der Waals surface area contributed by atoms with Crippen molar-refractivity contribution in [3.8, 4) is 5.75 Å². The van der Waals surface area contributed by atoms with Crippen molar-refractivity contribution in [2.75, 3.05) is 11.1 Å². The third-order valence-electron chi connectivity index (χ3n) is 5.17. The van der Waals surface area contributed by atoms with Gasteiger partial charge < -0.3 is 19.9 Å². The van der Waals surface area contributed by atoms with Crippen molar-refractivity contribution in [1.29, 1.82) is 0 Å². The molecule has 3 rings (SSSR count). The van der Waals surface area contributed by atoms with Crippen molar-refractivity contribution in [2.45, 2.75) is 45.0 Å². The molecule has 3 aromatic rings. The SMILES string of the molecule is CCc1ccc(O[C@@H](C)C(=O)NCc2nnc(SCC(=O)Nc3cc(Cl)ccc3C)n2C)cc1. The van der Waals surface area contributed by atoms with Crippen LogP contribution < -0.4 is 15.4 Å². The molecule has 1 heterocycles. The molecule has 2 N–H and O–H groups in total. The minimum absolute atomic E-state index is 0.159. The number of carbonyl (C=O) groups excluding carboxylic acids is 2. The molecule has 0 unspecified atom stereocenters. The van der Waals surface area contributed by atoms with Gasteiger partial charge in [0.2, 0.25) is 5.91 Å². The molecule has 0 radical (unpaired) electrons. The van der Waals surface area contributed by atoms with Crippen LogP contribution in [0.2, 0.25) is 5.02 Å². The number of halogens is 1. The largest absolute Gasteiger partial charge is 0.481 e. The number of benzene rings is 2. The number of aryl methyl sites for hydroxylation is 2. The lowest BCUT2D eigenvalue weighted by Gasteiger charge is -2.15. The average Bonchev–Trinajstić information content (AvgIpc) is 3.18. The molecule has 0 spiro atoms. The molecule has 0 fully saturated rings. The van der Waals surface area contributed by atoms with E-state index in [0.29, 0.717) is 27.4 Å². The molecule has 1 atom stereocenters. The second-order valence-corrected chi connectivity index (χ2v) is 9.11. The van der Waals surface area contributed by atoms with E-state index in [4.69, 9.17) is 16.3 Å². The van der Waals surface area contributed by atoms with E-state index in [1.165, 1.54) is 17.3 Å². The minimum Gasteiger partial charge on any atom is -0.481 e. The van der Waals surface area contributed by atoms with E-state index in [1.807, 2.05) is 37.3 Å². The second kappa shape index (κ2) is 11.9. The molecule has 2 amide bonds. The fourth-order valence-corrected chi connectivity index (χ4v) is 3.94. The van der Waals surface area contributed by atoms with Gasteiger partial charge in [0, 0.05) is 17.8 Å². The van der Waals surface area contributed by atoms with Crippen molar-refractivity contribution < 1.29 is 14.3 Å². The first-order valence-electron chi connectivity index (χ1n) is 10.9. The maximum Gasteiger partial charge on any atom is 0.261 e. The summed E-state index contributed by atoms with van der Waals surface area (Å²) in [5.41, 5.74) is 2.81. The molecule has 0 aliphatic heterocycles. The first kappa shape index (κ1) is 25.6. The molecule has 180 valence electrons. The van der Waals surface area contributed by atoms with Gasteiger partial charge in [0.05, 0.1) is 12.3 Å². The Morgan fingerprint density at radius 1 is 1.18 bits per heavy atom. The first-order valence-corrected chi connectivity index (χ1v) is 12.2.